The van der Waals surface area contributed by atoms with Crippen LogP contribution in [-0.2, 0) is 33.6 Å². The van der Waals surface area contributed by atoms with Crippen LogP contribution in [0.15, 0.2) is 54.6 Å². The molecule has 212 valence electrons. The van der Waals surface area contributed by atoms with E-state index in [9.17, 15) is 40.7 Å². The lowest BCUT2D eigenvalue weighted by Crippen LogP contribution is -2.52. The summed E-state index contributed by atoms with van der Waals surface area (Å²) in [7, 11) is 0. The van der Waals surface area contributed by atoms with Crippen LogP contribution in [0.1, 0.15) is 21.7 Å². The molecule has 14 heteroatoms. The molecule has 1 aromatic heterocycles. The number of amides is 2. The number of hydrogen-bond donors (Lipinski definition) is 2. The fourth-order valence-electron chi connectivity index (χ4n) is 4.21. The van der Waals surface area contributed by atoms with Crippen molar-refractivity contribution < 1.29 is 50.6 Å². The fourth-order valence-corrected chi connectivity index (χ4v) is 5.17. The molecule has 0 spiro atoms. The maximum absolute atomic E-state index is 13.6. The van der Waals surface area contributed by atoms with Crippen molar-refractivity contribution in [2.45, 2.75) is 37.8 Å². The van der Waals surface area contributed by atoms with Gasteiger partial charge in [-0.25, -0.2) is 0 Å². The third-order valence-corrected chi connectivity index (χ3v) is 7.11. The number of rotatable bonds is 8. The maximum Gasteiger partial charge on any atom is 0.471 e. The number of thiophene rings is 1. The number of carboxylic acid groups (broad SMARTS) is 1. The van der Waals surface area contributed by atoms with E-state index in [4.69, 9.17) is 9.84 Å². The molecule has 4 rings (SSSR count). The first-order valence-electron chi connectivity index (χ1n) is 11.7. The van der Waals surface area contributed by atoms with Crippen molar-refractivity contribution in [1.29, 1.82) is 0 Å². The van der Waals surface area contributed by atoms with E-state index in [1.165, 1.54) is 23.5 Å². The molecular formula is C26H20F6N2O5S. The van der Waals surface area contributed by atoms with Crippen molar-refractivity contribution in [3.63, 3.8) is 0 Å². The lowest BCUT2D eigenvalue weighted by Gasteiger charge is -2.24. The minimum atomic E-state index is -5.31. The number of alkyl halides is 6. The van der Waals surface area contributed by atoms with Gasteiger partial charge in [0, 0.05) is 22.7 Å². The van der Waals surface area contributed by atoms with Crippen molar-refractivity contribution in [1.82, 2.24) is 5.32 Å². The number of aliphatic carboxylic acids is 1. The summed E-state index contributed by atoms with van der Waals surface area (Å²) in [6, 6.07) is 12.0. The van der Waals surface area contributed by atoms with Gasteiger partial charge in [-0.05, 0) is 41.8 Å². The molecule has 1 aliphatic rings. The molecule has 1 aliphatic heterocycles. The van der Waals surface area contributed by atoms with Gasteiger partial charge in [0.25, 0.3) is 0 Å². The molecule has 2 aromatic carbocycles. The van der Waals surface area contributed by atoms with E-state index in [1.54, 1.807) is 36.4 Å². The Labute approximate surface area is 227 Å². The molecule has 0 unspecified atom stereocenters. The second-order valence-electron chi connectivity index (χ2n) is 8.76. The first-order valence-corrected chi connectivity index (χ1v) is 12.5. The fraction of sp³-hybridized carbons (Fsp3) is 0.269. The molecule has 7 nitrogen and oxygen atoms in total. The molecule has 0 radical (unpaired) electrons. The number of fused-ring (bicyclic) bond motifs is 1. The van der Waals surface area contributed by atoms with Gasteiger partial charge in [0.2, 0.25) is 5.91 Å². The lowest BCUT2D eigenvalue weighted by atomic mass is 10.1. The Morgan fingerprint density at radius 2 is 1.73 bits per heavy atom. The van der Waals surface area contributed by atoms with Gasteiger partial charge in [-0.1, -0.05) is 30.3 Å². The van der Waals surface area contributed by atoms with E-state index >= 15 is 0 Å². The Balaban J connectivity index is 1.49. The molecular weight excluding hydrogens is 566 g/mol. The van der Waals surface area contributed by atoms with Crippen LogP contribution in [0.5, 0.6) is 5.75 Å². The summed E-state index contributed by atoms with van der Waals surface area (Å²) in [5, 5.41) is 10.5. The van der Waals surface area contributed by atoms with Crippen molar-refractivity contribution in [2.24, 2.45) is 0 Å². The molecule has 1 atom stereocenters. The monoisotopic (exact) mass is 586 g/mol. The predicted molar refractivity (Wildman–Crippen MR) is 132 cm³/mol. The zero-order chi connectivity index (χ0) is 29.2. The van der Waals surface area contributed by atoms with Gasteiger partial charge in [0.1, 0.15) is 23.3 Å². The Kier molecular flexibility index (Phi) is 8.10. The van der Waals surface area contributed by atoms with E-state index < -0.39 is 47.5 Å². The third kappa shape index (κ3) is 6.55. The van der Waals surface area contributed by atoms with Crippen LogP contribution in [0, 0.1) is 0 Å². The summed E-state index contributed by atoms with van der Waals surface area (Å²) in [5.41, 5.74) is 1.28. The number of halogens is 6. The zero-order valence-electron chi connectivity index (χ0n) is 20.3. The number of carbonyl (C=O) groups excluding carboxylic acids is 2. The number of carbonyl (C=O) groups is 3. The second kappa shape index (κ2) is 11.2. The summed E-state index contributed by atoms with van der Waals surface area (Å²) in [5.74, 6) is -4.77. The topological polar surface area (TPSA) is 95.9 Å². The summed E-state index contributed by atoms with van der Waals surface area (Å²) in [6.45, 7) is -0.165. The van der Waals surface area contributed by atoms with Crippen LogP contribution in [0.25, 0.3) is 11.1 Å². The highest BCUT2D eigenvalue weighted by molar-refractivity contribution is 7.12. The van der Waals surface area contributed by atoms with E-state index in [1.807, 2.05) is 0 Å². The second-order valence-corrected chi connectivity index (χ2v) is 9.90. The van der Waals surface area contributed by atoms with Crippen molar-refractivity contribution in [3.05, 3.63) is 69.9 Å². The van der Waals surface area contributed by atoms with Crippen LogP contribution in [-0.4, -0.2) is 41.7 Å². The van der Waals surface area contributed by atoms with Gasteiger partial charge in [-0.3, -0.25) is 14.4 Å². The van der Waals surface area contributed by atoms with Crippen molar-refractivity contribution in [3.8, 4) is 16.9 Å². The molecule has 0 saturated heterocycles. The van der Waals surface area contributed by atoms with Crippen molar-refractivity contribution in [2.75, 3.05) is 11.4 Å². The molecule has 0 saturated carbocycles. The van der Waals surface area contributed by atoms with E-state index in [-0.39, 0.29) is 36.6 Å². The summed E-state index contributed by atoms with van der Waals surface area (Å²) >= 11 is 0.559. The van der Waals surface area contributed by atoms with Gasteiger partial charge < -0.3 is 20.1 Å². The van der Waals surface area contributed by atoms with Gasteiger partial charge in [-0.2, -0.15) is 26.3 Å². The van der Waals surface area contributed by atoms with Gasteiger partial charge in [0.15, 0.2) is 0 Å². The average Bonchev–Trinajstić information content (AvgIpc) is 3.51. The minimum absolute atomic E-state index is 0.00985. The Hall–Kier alpha value is -4.07. The number of anilines is 1. The van der Waals surface area contributed by atoms with Crippen molar-refractivity contribution >= 4 is 34.8 Å². The maximum atomic E-state index is 13.6. The Bertz CT molecular complexity index is 1420. The highest BCUT2D eigenvalue weighted by atomic mass is 32.1. The van der Waals surface area contributed by atoms with E-state index in [0.29, 0.717) is 27.3 Å². The molecule has 2 heterocycles. The number of nitrogens with one attached hydrogen (secondary N) is 1. The molecule has 0 fully saturated rings. The SMILES string of the molecule is O=C(O)C[C@@H](NC(=O)C(F)(F)F)C(=O)N1CCc2cc(OCc3cc(-c4ccccc4)c(C(F)(F)F)s3)ccc21. The number of nitrogens with zero attached hydrogens (tertiary/aromatic N) is 1. The summed E-state index contributed by atoms with van der Waals surface area (Å²) in [6.07, 6.45) is -10.7. The highest BCUT2D eigenvalue weighted by Gasteiger charge is 2.42. The van der Waals surface area contributed by atoms with E-state index in [2.05, 4.69) is 0 Å². The average molecular weight is 587 g/mol. The molecule has 2 amide bonds. The third-order valence-electron chi connectivity index (χ3n) is 5.96. The number of hydrogen-bond acceptors (Lipinski definition) is 5. The number of benzene rings is 2. The first kappa shape index (κ1) is 28.9. The van der Waals surface area contributed by atoms with Gasteiger partial charge in [-0.15, -0.1) is 11.3 Å². The summed E-state index contributed by atoms with van der Waals surface area (Å²) < 4.78 is 84.7. The Morgan fingerprint density at radius 1 is 1.02 bits per heavy atom. The van der Waals surface area contributed by atoms with Gasteiger partial charge >= 0.3 is 24.2 Å². The van der Waals surface area contributed by atoms with E-state index in [0.717, 1.165) is 4.90 Å². The predicted octanol–water partition coefficient (Wildman–Crippen LogP) is 5.42. The zero-order valence-corrected chi connectivity index (χ0v) is 21.1. The molecule has 2 N–H and O–H groups in total. The first-order chi connectivity index (χ1) is 18.7. The van der Waals surface area contributed by atoms with Crippen LogP contribution < -0.4 is 15.0 Å². The van der Waals surface area contributed by atoms with Gasteiger partial charge in [0.05, 0.1) is 6.42 Å². The van der Waals surface area contributed by atoms with Crippen LogP contribution in [0.3, 0.4) is 0 Å². The molecule has 0 bridgehead atoms. The largest absolute Gasteiger partial charge is 0.488 e. The minimum Gasteiger partial charge on any atom is -0.488 e. The smallest absolute Gasteiger partial charge is 0.471 e. The molecule has 3 aromatic rings. The molecule has 0 aliphatic carbocycles. The summed E-state index contributed by atoms with van der Waals surface area (Å²) in [4.78, 5) is 36.0. The van der Waals surface area contributed by atoms with Crippen LogP contribution in [0.4, 0.5) is 32.0 Å². The van der Waals surface area contributed by atoms with Crippen LogP contribution in [0.2, 0.25) is 0 Å². The normalized spacial score (nSPS) is 14.0. The Morgan fingerprint density at radius 3 is 2.35 bits per heavy atom. The molecule has 40 heavy (non-hydrogen) atoms. The highest BCUT2D eigenvalue weighted by Crippen LogP contribution is 2.43. The number of carboxylic acids is 1. The quantitative estimate of drug-likeness (QED) is 0.344. The lowest BCUT2D eigenvalue weighted by molar-refractivity contribution is -0.175. The standard InChI is InChI=1S/C26H20F6N2O5S/c27-25(28,29)22-18(14-4-2-1-3-5-14)11-17(40-22)13-39-16-6-7-20-15(10-16)8-9-34(20)23(37)19(12-21(35)36)33-24(38)26(30,31)32/h1-7,10-11,19H,8-9,12-13H2,(H,33,38)(H,35,36)/t19-/m1/s1. The number of ether oxygens (including phenoxy) is 1. The van der Waals surface area contributed by atoms with Crippen LogP contribution >= 0.6 is 11.3 Å².